The Morgan fingerprint density at radius 3 is 2.36 bits per heavy atom. The van der Waals surface area contributed by atoms with Gasteiger partial charge in [0, 0.05) is 25.7 Å². The van der Waals surface area contributed by atoms with E-state index in [1.807, 2.05) is 13.0 Å². The lowest BCUT2D eigenvalue weighted by atomic mass is 10.2. The van der Waals surface area contributed by atoms with E-state index in [1.54, 1.807) is 19.1 Å². The smallest absolute Gasteiger partial charge is 0.240 e. The molecule has 0 saturated carbocycles. The highest BCUT2D eigenvalue weighted by Gasteiger charge is 2.18. The zero-order valence-electron chi connectivity index (χ0n) is 14.4. The molecule has 2 aromatic carbocycles. The minimum absolute atomic E-state index is 0.0483. The summed E-state index contributed by atoms with van der Waals surface area (Å²) in [5, 5.41) is 0. The number of anilines is 1. The minimum atomic E-state index is -3.67. The number of nitrogens with one attached hydrogen (secondary N) is 1. The summed E-state index contributed by atoms with van der Waals surface area (Å²) in [5.41, 5.74) is 2.02. The summed E-state index contributed by atoms with van der Waals surface area (Å²) in [6.07, 6.45) is 0. The Morgan fingerprint density at radius 1 is 1.12 bits per heavy atom. The monoisotopic (exact) mass is 364 g/mol. The Bertz CT molecular complexity index is 864. The Balaban J connectivity index is 2.10. The summed E-state index contributed by atoms with van der Waals surface area (Å²) in [6.45, 7) is 5.12. The molecule has 0 saturated heterocycles. The molecule has 0 unspecified atom stereocenters. The van der Waals surface area contributed by atoms with Gasteiger partial charge in [0.1, 0.15) is 5.82 Å². The van der Waals surface area contributed by atoms with E-state index in [0.717, 1.165) is 5.56 Å². The third-order valence-corrected chi connectivity index (χ3v) is 5.38. The first-order valence-corrected chi connectivity index (χ1v) is 9.29. The number of hydrogen-bond donors (Lipinski definition) is 1. The maximum Gasteiger partial charge on any atom is 0.240 e. The predicted molar refractivity (Wildman–Crippen MR) is 95.5 cm³/mol. The van der Waals surface area contributed by atoms with E-state index in [4.69, 9.17) is 0 Å². The summed E-state index contributed by atoms with van der Waals surface area (Å²) < 4.78 is 40.5. The van der Waals surface area contributed by atoms with E-state index in [9.17, 15) is 17.6 Å². The first-order valence-electron chi connectivity index (χ1n) is 7.81. The Hall–Kier alpha value is -2.25. The van der Waals surface area contributed by atoms with E-state index in [0.29, 0.717) is 11.3 Å². The molecule has 0 aliphatic carbocycles. The second-order valence-corrected chi connectivity index (χ2v) is 7.55. The highest BCUT2D eigenvalue weighted by Crippen LogP contribution is 2.17. The lowest BCUT2D eigenvalue weighted by Gasteiger charge is -2.21. The number of carbonyl (C=O) groups is 1. The van der Waals surface area contributed by atoms with Crippen LogP contribution in [-0.4, -0.2) is 27.4 Å². The van der Waals surface area contributed by atoms with Gasteiger partial charge in [-0.05, 0) is 55.3 Å². The molecule has 134 valence electrons. The molecule has 0 atom stereocenters. The third kappa shape index (κ3) is 4.87. The summed E-state index contributed by atoms with van der Waals surface area (Å²) >= 11 is 0. The standard InChI is InChI=1S/C18H21FN2O3S/c1-13-4-5-14(2)18(12-13)25(23,24)20-10-11-21(15(3)22)17-8-6-16(19)7-9-17/h4-9,12,20H,10-11H2,1-3H3. The highest BCUT2D eigenvalue weighted by atomic mass is 32.2. The molecule has 0 aromatic heterocycles. The molecule has 2 aromatic rings. The van der Waals surface area contributed by atoms with Crippen LogP contribution in [0.15, 0.2) is 47.4 Å². The predicted octanol–water partition coefficient (Wildman–Crippen LogP) is 2.77. The van der Waals surface area contributed by atoms with Gasteiger partial charge in [0.05, 0.1) is 4.90 Å². The van der Waals surface area contributed by atoms with Crippen molar-refractivity contribution in [1.82, 2.24) is 4.72 Å². The van der Waals surface area contributed by atoms with Crippen molar-refractivity contribution in [2.45, 2.75) is 25.7 Å². The maximum absolute atomic E-state index is 13.0. The van der Waals surface area contributed by atoms with Crippen LogP contribution in [0, 0.1) is 19.7 Å². The summed E-state index contributed by atoms with van der Waals surface area (Å²) in [7, 11) is -3.67. The van der Waals surface area contributed by atoms with Gasteiger partial charge in [0.25, 0.3) is 0 Å². The van der Waals surface area contributed by atoms with Crippen LogP contribution in [-0.2, 0) is 14.8 Å². The second kappa shape index (κ2) is 7.76. The molecule has 1 N–H and O–H groups in total. The Kier molecular flexibility index (Phi) is 5.92. The van der Waals surface area contributed by atoms with E-state index in [-0.39, 0.29) is 23.9 Å². The van der Waals surface area contributed by atoms with Crippen LogP contribution in [0.2, 0.25) is 0 Å². The van der Waals surface area contributed by atoms with Crippen molar-refractivity contribution in [3.05, 3.63) is 59.4 Å². The van der Waals surface area contributed by atoms with Crippen molar-refractivity contribution in [2.24, 2.45) is 0 Å². The van der Waals surface area contributed by atoms with E-state index in [1.165, 1.54) is 36.1 Å². The minimum Gasteiger partial charge on any atom is -0.311 e. The van der Waals surface area contributed by atoms with Crippen LogP contribution in [0.3, 0.4) is 0 Å². The number of amides is 1. The molecule has 5 nitrogen and oxygen atoms in total. The Labute approximate surface area is 147 Å². The van der Waals surface area contributed by atoms with Crippen LogP contribution in [0.5, 0.6) is 0 Å². The van der Waals surface area contributed by atoms with Gasteiger partial charge in [-0.1, -0.05) is 12.1 Å². The average Bonchev–Trinajstić information content (AvgIpc) is 2.54. The molecule has 25 heavy (non-hydrogen) atoms. The van der Waals surface area contributed by atoms with Crippen molar-refractivity contribution in [1.29, 1.82) is 0 Å². The molecule has 0 radical (unpaired) electrons. The molecular formula is C18H21FN2O3S. The fourth-order valence-corrected chi connectivity index (χ4v) is 3.80. The fourth-order valence-electron chi connectivity index (χ4n) is 2.46. The zero-order valence-corrected chi connectivity index (χ0v) is 15.2. The van der Waals surface area contributed by atoms with Crippen molar-refractivity contribution in [3.8, 4) is 0 Å². The molecule has 0 bridgehead atoms. The SMILES string of the molecule is CC(=O)N(CCNS(=O)(=O)c1cc(C)ccc1C)c1ccc(F)cc1. The van der Waals surface area contributed by atoms with Crippen molar-refractivity contribution >= 4 is 21.6 Å². The van der Waals surface area contributed by atoms with Crippen LogP contribution in [0.1, 0.15) is 18.1 Å². The van der Waals surface area contributed by atoms with Gasteiger partial charge in [-0.15, -0.1) is 0 Å². The van der Waals surface area contributed by atoms with Gasteiger partial charge in [0.15, 0.2) is 0 Å². The molecule has 2 rings (SSSR count). The van der Waals surface area contributed by atoms with Crippen LogP contribution in [0.4, 0.5) is 10.1 Å². The summed E-state index contributed by atoms with van der Waals surface area (Å²) in [5.74, 6) is -0.652. The molecule has 0 fully saturated rings. The van der Waals surface area contributed by atoms with Gasteiger partial charge in [-0.2, -0.15) is 0 Å². The first kappa shape index (κ1) is 19.1. The van der Waals surface area contributed by atoms with Gasteiger partial charge in [-0.3, -0.25) is 4.79 Å². The summed E-state index contributed by atoms with van der Waals surface area (Å²) in [6, 6.07) is 10.7. The number of rotatable bonds is 6. The number of aryl methyl sites for hydroxylation is 2. The topological polar surface area (TPSA) is 66.5 Å². The molecule has 1 amide bonds. The molecule has 0 aliphatic heterocycles. The van der Waals surface area contributed by atoms with Gasteiger partial charge in [0.2, 0.25) is 15.9 Å². The van der Waals surface area contributed by atoms with Crippen LogP contribution in [0.25, 0.3) is 0 Å². The lowest BCUT2D eigenvalue weighted by molar-refractivity contribution is -0.116. The second-order valence-electron chi connectivity index (χ2n) is 5.81. The maximum atomic E-state index is 13.0. The number of halogens is 1. The summed E-state index contributed by atoms with van der Waals surface area (Å²) in [4.78, 5) is 13.4. The van der Waals surface area contributed by atoms with E-state index < -0.39 is 15.8 Å². The number of nitrogens with zero attached hydrogens (tertiary/aromatic N) is 1. The van der Waals surface area contributed by atoms with Gasteiger partial charge in [-0.25, -0.2) is 17.5 Å². The number of hydrogen-bond acceptors (Lipinski definition) is 3. The van der Waals surface area contributed by atoms with E-state index >= 15 is 0 Å². The molecule has 0 spiro atoms. The average molecular weight is 364 g/mol. The van der Waals surface area contributed by atoms with Crippen molar-refractivity contribution in [2.75, 3.05) is 18.0 Å². The number of benzene rings is 2. The molecule has 0 heterocycles. The van der Waals surface area contributed by atoms with Crippen molar-refractivity contribution in [3.63, 3.8) is 0 Å². The quantitative estimate of drug-likeness (QED) is 0.857. The molecule has 0 aliphatic rings. The van der Waals surface area contributed by atoms with Crippen molar-refractivity contribution < 1.29 is 17.6 Å². The zero-order chi connectivity index (χ0) is 18.6. The molecular weight excluding hydrogens is 343 g/mol. The number of carbonyl (C=O) groups excluding carboxylic acids is 1. The normalized spacial score (nSPS) is 11.4. The van der Waals surface area contributed by atoms with Crippen LogP contribution >= 0.6 is 0 Å². The molecule has 7 heteroatoms. The Morgan fingerprint density at radius 2 is 1.76 bits per heavy atom. The lowest BCUT2D eigenvalue weighted by Crippen LogP contribution is -2.37. The van der Waals surface area contributed by atoms with Gasteiger partial charge < -0.3 is 4.90 Å². The third-order valence-electron chi connectivity index (χ3n) is 3.78. The highest BCUT2D eigenvalue weighted by molar-refractivity contribution is 7.89. The number of sulfonamides is 1. The fraction of sp³-hybridized carbons (Fsp3) is 0.278. The van der Waals surface area contributed by atoms with Gasteiger partial charge >= 0.3 is 0 Å². The van der Waals surface area contributed by atoms with Crippen LogP contribution < -0.4 is 9.62 Å². The van der Waals surface area contributed by atoms with E-state index in [2.05, 4.69) is 4.72 Å². The first-order chi connectivity index (χ1) is 11.7. The largest absolute Gasteiger partial charge is 0.311 e.